The summed E-state index contributed by atoms with van der Waals surface area (Å²) >= 11 is 0. The van der Waals surface area contributed by atoms with Crippen LogP contribution in [0.25, 0.3) is 0 Å². The topological polar surface area (TPSA) is 106 Å². The van der Waals surface area contributed by atoms with Gasteiger partial charge in [0, 0.05) is 30.3 Å². The lowest BCUT2D eigenvalue weighted by atomic mass is 10.1. The Balaban J connectivity index is 2.12. The summed E-state index contributed by atoms with van der Waals surface area (Å²) in [6.45, 7) is 0.374. The number of rotatable bonds is 3. The van der Waals surface area contributed by atoms with Gasteiger partial charge in [0.2, 0.25) is 15.9 Å². The lowest BCUT2D eigenvalue weighted by Crippen LogP contribution is -2.27. The van der Waals surface area contributed by atoms with E-state index >= 15 is 0 Å². The minimum absolute atomic E-state index is 0.0894. The van der Waals surface area contributed by atoms with Crippen molar-refractivity contribution in [3.63, 3.8) is 0 Å². The van der Waals surface area contributed by atoms with Crippen molar-refractivity contribution in [1.29, 1.82) is 0 Å². The normalized spacial score (nSPS) is 20.4. The Morgan fingerprint density at radius 3 is 2.44 bits per heavy atom. The predicted octanol–water partition coefficient (Wildman–Crippen LogP) is -0.0898. The number of hydrogen-bond acceptors (Lipinski definition) is 4. The number of sulfonamides is 1. The van der Waals surface area contributed by atoms with Crippen molar-refractivity contribution in [3.05, 3.63) is 24.3 Å². The molecule has 0 radical (unpaired) electrons. The summed E-state index contributed by atoms with van der Waals surface area (Å²) in [7, 11) is -3.54. The Labute approximate surface area is 106 Å². The minimum Gasteiger partial charge on any atom is -0.399 e. The smallest absolute Gasteiger partial charge is 0.227 e. The van der Waals surface area contributed by atoms with Crippen LogP contribution in [0.4, 0.5) is 11.4 Å². The fraction of sp³-hybridized carbons (Fsp3) is 0.364. The van der Waals surface area contributed by atoms with Crippen LogP contribution in [0.2, 0.25) is 0 Å². The van der Waals surface area contributed by atoms with Crippen LogP contribution >= 0.6 is 0 Å². The van der Waals surface area contributed by atoms with Gasteiger partial charge in [0.15, 0.2) is 0 Å². The third kappa shape index (κ3) is 2.99. The van der Waals surface area contributed by atoms with E-state index in [0.29, 0.717) is 12.2 Å². The van der Waals surface area contributed by atoms with Crippen molar-refractivity contribution >= 4 is 27.3 Å². The van der Waals surface area contributed by atoms with E-state index in [1.807, 2.05) is 0 Å². The molecule has 1 atom stereocenters. The van der Waals surface area contributed by atoms with Gasteiger partial charge in [-0.3, -0.25) is 4.79 Å². The largest absolute Gasteiger partial charge is 0.399 e. The van der Waals surface area contributed by atoms with Crippen molar-refractivity contribution < 1.29 is 13.2 Å². The summed E-state index contributed by atoms with van der Waals surface area (Å²) < 4.78 is 22.0. The van der Waals surface area contributed by atoms with Crippen molar-refractivity contribution in [2.75, 3.05) is 22.9 Å². The summed E-state index contributed by atoms with van der Waals surface area (Å²) in [5, 5.41) is 4.99. The molecule has 1 aliphatic rings. The molecule has 1 aromatic carbocycles. The fourth-order valence-corrected chi connectivity index (χ4v) is 3.01. The predicted molar refractivity (Wildman–Crippen MR) is 69.3 cm³/mol. The van der Waals surface area contributed by atoms with Crippen LogP contribution in [0.15, 0.2) is 24.3 Å². The lowest BCUT2D eigenvalue weighted by molar-refractivity contribution is -0.117. The standard InChI is InChI=1S/C11H15N3O3S/c12-9-1-3-10(4-2-9)14-6-8(5-11(14)15)7-18(13,16)17/h1-4,8H,5-7,12H2,(H2,13,16,17). The van der Waals surface area contributed by atoms with Crippen LogP contribution < -0.4 is 15.8 Å². The summed E-state index contributed by atoms with van der Waals surface area (Å²) in [6, 6.07) is 6.89. The first kappa shape index (κ1) is 12.8. The summed E-state index contributed by atoms with van der Waals surface area (Å²) in [6.07, 6.45) is 0.209. The molecule has 0 aromatic heterocycles. The van der Waals surface area contributed by atoms with Crippen molar-refractivity contribution in [2.45, 2.75) is 6.42 Å². The Hall–Kier alpha value is -1.60. The van der Waals surface area contributed by atoms with Crippen molar-refractivity contribution in [2.24, 2.45) is 11.1 Å². The molecule has 18 heavy (non-hydrogen) atoms. The molecule has 6 nitrogen and oxygen atoms in total. The first-order valence-electron chi connectivity index (χ1n) is 5.51. The van der Waals surface area contributed by atoms with Gasteiger partial charge in [-0.1, -0.05) is 0 Å². The number of amides is 1. The van der Waals surface area contributed by atoms with Gasteiger partial charge in [-0.15, -0.1) is 0 Å². The van der Waals surface area contributed by atoms with Gasteiger partial charge in [0.25, 0.3) is 0 Å². The molecule has 0 saturated carbocycles. The highest BCUT2D eigenvalue weighted by Gasteiger charge is 2.32. The summed E-state index contributed by atoms with van der Waals surface area (Å²) in [5.74, 6) is -0.497. The highest BCUT2D eigenvalue weighted by molar-refractivity contribution is 7.89. The lowest BCUT2D eigenvalue weighted by Gasteiger charge is -2.16. The molecule has 0 spiro atoms. The van der Waals surface area contributed by atoms with E-state index in [0.717, 1.165) is 5.69 Å². The molecular weight excluding hydrogens is 254 g/mol. The molecule has 0 aliphatic carbocycles. The van der Waals surface area contributed by atoms with Crippen LogP contribution in [0.5, 0.6) is 0 Å². The molecule has 4 N–H and O–H groups in total. The number of nitrogens with zero attached hydrogens (tertiary/aromatic N) is 1. The Kier molecular flexibility index (Phi) is 3.27. The van der Waals surface area contributed by atoms with E-state index in [9.17, 15) is 13.2 Å². The minimum atomic E-state index is -3.54. The average Bonchev–Trinajstić information content (AvgIpc) is 2.58. The Morgan fingerprint density at radius 1 is 1.28 bits per heavy atom. The molecule has 1 amide bonds. The monoisotopic (exact) mass is 269 g/mol. The molecule has 1 fully saturated rings. The van der Waals surface area contributed by atoms with Gasteiger partial charge in [-0.25, -0.2) is 13.6 Å². The van der Waals surface area contributed by atoms with Gasteiger partial charge >= 0.3 is 0 Å². The molecule has 1 aliphatic heterocycles. The Bertz CT molecular complexity index is 553. The third-order valence-electron chi connectivity index (χ3n) is 2.88. The van der Waals surface area contributed by atoms with Gasteiger partial charge in [0.1, 0.15) is 0 Å². The molecule has 1 heterocycles. The van der Waals surface area contributed by atoms with E-state index in [-0.39, 0.29) is 24.0 Å². The second-order valence-corrected chi connectivity index (χ2v) is 6.15. The zero-order valence-corrected chi connectivity index (χ0v) is 10.6. The first-order chi connectivity index (χ1) is 8.35. The number of carbonyl (C=O) groups is 1. The van der Waals surface area contributed by atoms with Gasteiger partial charge in [-0.2, -0.15) is 0 Å². The zero-order valence-electron chi connectivity index (χ0n) is 9.74. The number of carbonyl (C=O) groups excluding carboxylic acids is 1. The van der Waals surface area contributed by atoms with Gasteiger partial charge in [0.05, 0.1) is 5.75 Å². The summed E-state index contributed by atoms with van der Waals surface area (Å²) in [5.41, 5.74) is 6.92. The van der Waals surface area contributed by atoms with Crippen LogP contribution in [-0.2, 0) is 14.8 Å². The molecular formula is C11H15N3O3S. The quantitative estimate of drug-likeness (QED) is 0.748. The van der Waals surface area contributed by atoms with Crippen LogP contribution in [0.1, 0.15) is 6.42 Å². The second kappa shape index (κ2) is 4.58. The SMILES string of the molecule is Nc1ccc(N2CC(CS(N)(=O)=O)CC2=O)cc1. The van der Waals surface area contributed by atoms with E-state index < -0.39 is 10.0 Å². The average molecular weight is 269 g/mol. The van der Waals surface area contributed by atoms with E-state index in [1.54, 1.807) is 29.2 Å². The van der Waals surface area contributed by atoms with Crippen LogP contribution in [0.3, 0.4) is 0 Å². The molecule has 1 saturated heterocycles. The van der Waals surface area contributed by atoms with E-state index in [2.05, 4.69) is 0 Å². The first-order valence-corrected chi connectivity index (χ1v) is 7.23. The number of nitrogen functional groups attached to an aromatic ring is 1. The van der Waals surface area contributed by atoms with Gasteiger partial charge < -0.3 is 10.6 Å². The number of primary sulfonamides is 1. The summed E-state index contributed by atoms with van der Waals surface area (Å²) in [4.78, 5) is 13.4. The van der Waals surface area contributed by atoms with Crippen LogP contribution in [0, 0.1) is 5.92 Å². The maximum absolute atomic E-state index is 11.8. The number of hydrogen-bond donors (Lipinski definition) is 2. The maximum Gasteiger partial charge on any atom is 0.227 e. The van der Waals surface area contributed by atoms with E-state index in [1.165, 1.54) is 0 Å². The molecule has 7 heteroatoms. The maximum atomic E-state index is 11.8. The van der Waals surface area contributed by atoms with Crippen molar-refractivity contribution in [1.82, 2.24) is 0 Å². The molecule has 1 unspecified atom stereocenters. The molecule has 0 bridgehead atoms. The molecule has 98 valence electrons. The number of anilines is 2. The fourth-order valence-electron chi connectivity index (χ4n) is 2.13. The van der Waals surface area contributed by atoms with Crippen LogP contribution in [-0.4, -0.2) is 26.6 Å². The Morgan fingerprint density at radius 2 is 1.89 bits per heavy atom. The number of nitrogens with two attached hydrogens (primary N) is 2. The van der Waals surface area contributed by atoms with Gasteiger partial charge in [-0.05, 0) is 24.3 Å². The highest BCUT2D eigenvalue weighted by Crippen LogP contribution is 2.26. The second-order valence-electron chi connectivity index (χ2n) is 4.50. The number of benzene rings is 1. The van der Waals surface area contributed by atoms with E-state index in [4.69, 9.17) is 10.9 Å². The third-order valence-corrected chi connectivity index (χ3v) is 3.81. The highest BCUT2D eigenvalue weighted by atomic mass is 32.2. The molecule has 2 rings (SSSR count). The van der Waals surface area contributed by atoms with Crippen molar-refractivity contribution in [3.8, 4) is 0 Å². The molecule has 1 aromatic rings. The zero-order chi connectivity index (χ0) is 13.3.